The second-order valence-corrected chi connectivity index (χ2v) is 9.58. The van der Waals surface area contributed by atoms with Gasteiger partial charge in [-0.25, -0.2) is 0 Å². The van der Waals surface area contributed by atoms with Gasteiger partial charge in [-0.2, -0.15) is 0 Å². The third-order valence-corrected chi connectivity index (χ3v) is 7.30. The predicted octanol–water partition coefficient (Wildman–Crippen LogP) is 8.52. The van der Waals surface area contributed by atoms with Crippen LogP contribution in [0, 0.1) is 35.5 Å². The molecule has 0 unspecified atom stereocenters. The van der Waals surface area contributed by atoms with Crippen molar-refractivity contribution in [2.45, 2.75) is 96.8 Å². The number of unbranched alkanes of at least 4 members (excludes halogenated alkanes) is 3. The van der Waals surface area contributed by atoms with E-state index in [9.17, 15) is 13.2 Å². The zero-order chi connectivity index (χ0) is 22.1. The Balaban J connectivity index is 1.37. The molecule has 2 aliphatic carbocycles. The van der Waals surface area contributed by atoms with Crippen molar-refractivity contribution in [2.24, 2.45) is 23.7 Å². The molecule has 0 aliphatic heterocycles. The normalized spacial score (nSPS) is 26.7. The van der Waals surface area contributed by atoms with Gasteiger partial charge in [0, 0.05) is 11.5 Å². The van der Waals surface area contributed by atoms with Gasteiger partial charge in [-0.3, -0.25) is 0 Å². The van der Waals surface area contributed by atoms with Crippen LogP contribution in [-0.2, 0) is 0 Å². The Labute approximate surface area is 186 Å². The standard InChI is InChI=1S/C27H37F3O/c1-2-3-4-5-6-21-9-15-24(16-10-21)25-17-11-22(12-18-25)7-8-23-13-19-26(20-14-23)31-27(28,29)30/h13-14,19-22,24-25H,2-6,9-12,15-18H2,1H3. The SMILES string of the molecule is CCCCCCC1CCC(C2CCC(C#Cc3ccc(OC(F)(F)F)cc3)CC2)CC1. The van der Waals surface area contributed by atoms with Crippen molar-refractivity contribution in [1.29, 1.82) is 0 Å². The first-order valence-corrected chi connectivity index (χ1v) is 12.3. The van der Waals surface area contributed by atoms with Gasteiger partial charge in [0.2, 0.25) is 0 Å². The summed E-state index contributed by atoms with van der Waals surface area (Å²) >= 11 is 0. The molecule has 0 radical (unpaired) electrons. The average Bonchev–Trinajstić information content (AvgIpc) is 2.76. The highest BCUT2D eigenvalue weighted by Gasteiger charge is 2.31. The summed E-state index contributed by atoms with van der Waals surface area (Å²) in [7, 11) is 0. The molecule has 0 amide bonds. The molecule has 0 saturated heterocycles. The third-order valence-electron chi connectivity index (χ3n) is 7.30. The number of hydrogen-bond donors (Lipinski definition) is 0. The summed E-state index contributed by atoms with van der Waals surface area (Å²) < 4.78 is 40.6. The van der Waals surface area contributed by atoms with Crippen LogP contribution in [0.5, 0.6) is 5.75 Å². The number of alkyl halides is 3. The van der Waals surface area contributed by atoms with E-state index < -0.39 is 6.36 Å². The quantitative estimate of drug-likeness (QED) is 0.309. The zero-order valence-corrected chi connectivity index (χ0v) is 18.9. The zero-order valence-electron chi connectivity index (χ0n) is 18.9. The summed E-state index contributed by atoms with van der Waals surface area (Å²) in [6.45, 7) is 2.28. The molecule has 2 aliphatic rings. The van der Waals surface area contributed by atoms with Crippen LogP contribution in [0.25, 0.3) is 0 Å². The molecule has 0 N–H and O–H groups in total. The van der Waals surface area contributed by atoms with Gasteiger partial charge < -0.3 is 4.74 Å². The minimum atomic E-state index is -4.65. The Kier molecular flexibility index (Phi) is 9.17. The van der Waals surface area contributed by atoms with Gasteiger partial charge in [-0.05, 0) is 80.5 Å². The molecule has 172 valence electrons. The molecule has 2 fully saturated rings. The van der Waals surface area contributed by atoms with Crippen molar-refractivity contribution in [3.05, 3.63) is 29.8 Å². The first-order valence-electron chi connectivity index (χ1n) is 12.3. The number of ether oxygens (including phenoxy) is 1. The Morgan fingerprint density at radius 2 is 1.45 bits per heavy atom. The van der Waals surface area contributed by atoms with E-state index >= 15 is 0 Å². The number of hydrogen-bond acceptors (Lipinski definition) is 1. The molecule has 0 heterocycles. The van der Waals surface area contributed by atoms with E-state index in [4.69, 9.17) is 0 Å². The molecule has 2 saturated carbocycles. The van der Waals surface area contributed by atoms with Gasteiger partial charge in [0.15, 0.2) is 0 Å². The summed E-state index contributed by atoms with van der Waals surface area (Å²) in [4.78, 5) is 0. The summed E-state index contributed by atoms with van der Waals surface area (Å²) in [5.74, 6) is 9.48. The average molecular weight is 435 g/mol. The molecular weight excluding hydrogens is 397 g/mol. The molecule has 3 rings (SSSR count). The second-order valence-electron chi connectivity index (χ2n) is 9.58. The van der Waals surface area contributed by atoms with Gasteiger partial charge in [-0.15, -0.1) is 13.2 Å². The summed E-state index contributed by atoms with van der Waals surface area (Å²) in [5.41, 5.74) is 0.744. The molecule has 31 heavy (non-hydrogen) atoms. The fourth-order valence-corrected chi connectivity index (χ4v) is 5.47. The van der Waals surface area contributed by atoms with Crippen molar-refractivity contribution in [2.75, 3.05) is 0 Å². The Morgan fingerprint density at radius 3 is 2.03 bits per heavy atom. The molecule has 1 nitrogen and oxygen atoms in total. The predicted molar refractivity (Wildman–Crippen MR) is 120 cm³/mol. The van der Waals surface area contributed by atoms with Crippen LogP contribution in [0.1, 0.15) is 96.0 Å². The summed E-state index contributed by atoms with van der Waals surface area (Å²) in [5, 5.41) is 0. The van der Waals surface area contributed by atoms with E-state index in [2.05, 4.69) is 23.5 Å². The van der Waals surface area contributed by atoms with E-state index in [-0.39, 0.29) is 5.75 Å². The van der Waals surface area contributed by atoms with E-state index in [1.54, 1.807) is 12.1 Å². The van der Waals surface area contributed by atoms with Crippen LogP contribution in [-0.4, -0.2) is 6.36 Å². The lowest BCUT2D eigenvalue weighted by Crippen LogP contribution is -2.25. The van der Waals surface area contributed by atoms with Crippen LogP contribution in [0.4, 0.5) is 13.2 Å². The minimum absolute atomic E-state index is 0.200. The van der Waals surface area contributed by atoms with Crippen molar-refractivity contribution in [3.63, 3.8) is 0 Å². The van der Waals surface area contributed by atoms with E-state index in [1.807, 2.05) is 0 Å². The molecule has 4 heteroatoms. The molecule has 1 aromatic carbocycles. The number of rotatable bonds is 7. The van der Waals surface area contributed by atoms with Gasteiger partial charge >= 0.3 is 6.36 Å². The highest BCUT2D eigenvalue weighted by molar-refractivity contribution is 5.38. The van der Waals surface area contributed by atoms with Crippen LogP contribution in [0.2, 0.25) is 0 Å². The fourth-order valence-electron chi connectivity index (χ4n) is 5.47. The third kappa shape index (κ3) is 8.43. The summed E-state index contributed by atoms with van der Waals surface area (Å²) in [6.07, 6.45) is 12.9. The van der Waals surface area contributed by atoms with Gasteiger partial charge in [0.05, 0.1) is 0 Å². The number of halogens is 3. The number of benzene rings is 1. The lowest BCUT2D eigenvalue weighted by atomic mass is 9.69. The van der Waals surface area contributed by atoms with Crippen LogP contribution in [0.3, 0.4) is 0 Å². The maximum absolute atomic E-state index is 12.2. The van der Waals surface area contributed by atoms with Gasteiger partial charge in [0.25, 0.3) is 0 Å². The van der Waals surface area contributed by atoms with Crippen molar-refractivity contribution in [3.8, 4) is 17.6 Å². The Hall–Kier alpha value is -1.63. The summed E-state index contributed by atoms with van der Waals surface area (Å²) in [6, 6.07) is 5.85. The maximum Gasteiger partial charge on any atom is 0.573 e. The van der Waals surface area contributed by atoms with E-state index in [1.165, 1.54) is 82.8 Å². The smallest absolute Gasteiger partial charge is 0.406 e. The van der Waals surface area contributed by atoms with E-state index in [0.717, 1.165) is 36.2 Å². The lowest BCUT2D eigenvalue weighted by molar-refractivity contribution is -0.274. The fraction of sp³-hybridized carbons (Fsp3) is 0.704. The van der Waals surface area contributed by atoms with Crippen LogP contribution < -0.4 is 4.74 Å². The van der Waals surface area contributed by atoms with Crippen molar-refractivity contribution in [1.82, 2.24) is 0 Å². The van der Waals surface area contributed by atoms with E-state index in [0.29, 0.717) is 5.92 Å². The largest absolute Gasteiger partial charge is 0.573 e. The second kappa shape index (κ2) is 11.8. The lowest BCUT2D eigenvalue weighted by Gasteiger charge is -2.37. The van der Waals surface area contributed by atoms with Crippen molar-refractivity contribution < 1.29 is 17.9 Å². The van der Waals surface area contributed by atoms with Crippen LogP contribution in [0.15, 0.2) is 24.3 Å². The molecule has 0 bridgehead atoms. The monoisotopic (exact) mass is 434 g/mol. The molecule has 0 aromatic heterocycles. The Bertz CT molecular complexity index is 697. The molecular formula is C27H37F3O. The van der Waals surface area contributed by atoms with Crippen LogP contribution >= 0.6 is 0 Å². The molecule has 1 aromatic rings. The minimum Gasteiger partial charge on any atom is -0.406 e. The van der Waals surface area contributed by atoms with Gasteiger partial charge in [0.1, 0.15) is 5.75 Å². The molecule has 0 atom stereocenters. The molecule has 0 spiro atoms. The van der Waals surface area contributed by atoms with Crippen molar-refractivity contribution >= 4 is 0 Å². The first kappa shape index (κ1) is 24.0. The topological polar surface area (TPSA) is 9.23 Å². The maximum atomic E-state index is 12.2. The Morgan fingerprint density at radius 1 is 0.839 bits per heavy atom. The highest BCUT2D eigenvalue weighted by Crippen LogP contribution is 2.42. The highest BCUT2D eigenvalue weighted by atomic mass is 19.4. The first-order chi connectivity index (χ1) is 14.9. The van der Waals surface area contributed by atoms with Gasteiger partial charge in [-0.1, -0.05) is 63.7 Å².